The Balaban J connectivity index is 1.83. The Bertz CT molecular complexity index is 1040. The molecule has 5 nitrogen and oxygen atoms in total. The quantitative estimate of drug-likeness (QED) is 0.715. The van der Waals surface area contributed by atoms with Crippen LogP contribution in [-0.4, -0.2) is 26.9 Å². The molecule has 2 aliphatic rings. The number of nitrogens with zero attached hydrogens (tertiary/aromatic N) is 2. The Morgan fingerprint density at radius 1 is 1.19 bits per heavy atom. The van der Waals surface area contributed by atoms with Gasteiger partial charge in [-0.3, -0.25) is 9.10 Å². The largest absolute Gasteiger partial charge is 0.312 e. The summed E-state index contributed by atoms with van der Waals surface area (Å²) in [7, 11) is -3.76. The summed E-state index contributed by atoms with van der Waals surface area (Å²) in [6, 6.07) is 11.0. The molecule has 1 atom stereocenters. The molecule has 1 unspecified atom stereocenters. The van der Waals surface area contributed by atoms with Gasteiger partial charge in [0.25, 0.3) is 10.0 Å². The maximum atomic E-state index is 13.6. The zero-order chi connectivity index (χ0) is 19.3. The number of rotatable bonds is 3. The van der Waals surface area contributed by atoms with E-state index in [9.17, 15) is 13.2 Å². The summed E-state index contributed by atoms with van der Waals surface area (Å²) in [6.45, 7) is 4.34. The van der Waals surface area contributed by atoms with Crippen LogP contribution in [0.4, 0.5) is 11.4 Å². The van der Waals surface area contributed by atoms with E-state index in [4.69, 9.17) is 0 Å². The number of hydrogen-bond donors (Lipinski definition) is 0. The second-order valence-electron chi connectivity index (χ2n) is 7.04. The molecule has 0 saturated heterocycles. The van der Waals surface area contributed by atoms with Crippen molar-refractivity contribution in [3.8, 4) is 0 Å². The number of hydrogen-bond acceptors (Lipinski definition) is 3. The fourth-order valence-electron chi connectivity index (χ4n) is 4.05. The minimum absolute atomic E-state index is 0.0132. The Hall–Kier alpha value is -1.86. The predicted octanol–water partition coefficient (Wildman–Crippen LogP) is 3.89. The third kappa shape index (κ3) is 2.88. The van der Waals surface area contributed by atoms with Gasteiger partial charge in [-0.2, -0.15) is 0 Å². The van der Waals surface area contributed by atoms with Crippen molar-refractivity contribution in [1.29, 1.82) is 0 Å². The summed E-state index contributed by atoms with van der Waals surface area (Å²) in [5.41, 5.74) is 3.48. The molecule has 0 saturated carbocycles. The van der Waals surface area contributed by atoms with Crippen LogP contribution in [0.15, 0.2) is 45.8 Å². The standard InChI is InChI=1S/C20H21BrN2O3S/c1-3-20(24)22-9-8-15-11-16(21)19(12-18(15)22)27(25,26)23-13(2)10-14-6-4-5-7-17(14)23/h4-7,11-13H,3,8-10H2,1-2H3. The van der Waals surface area contributed by atoms with Gasteiger partial charge in [-0.1, -0.05) is 25.1 Å². The van der Waals surface area contributed by atoms with Gasteiger partial charge in [0, 0.05) is 29.2 Å². The van der Waals surface area contributed by atoms with Crippen LogP contribution >= 0.6 is 15.9 Å². The number of sulfonamides is 1. The minimum atomic E-state index is -3.76. The summed E-state index contributed by atoms with van der Waals surface area (Å²) in [5.74, 6) is 0.0132. The van der Waals surface area contributed by atoms with E-state index < -0.39 is 10.0 Å². The topological polar surface area (TPSA) is 57.7 Å². The SMILES string of the molecule is CCC(=O)N1CCc2cc(Br)c(S(=O)(=O)N3c4ccccc4CC3C)cc21. The molecule has 1 amide bonds. The highest BCUT2D eigenvalue weighted by molar-refractivity contribution is 9.10. The molecule has 0 bridgehead atoms. The molecule has 142 valence electrons. The number of para-hydroxylation sites is 1. The van der Waals surface area contributed by atoms with Gasteiger partial charge in [-0.05, 0) is 65.0 Å². The van der Waals surface area contributed by atoms with E-state index >= 15 is 0 Å². The second kappa shape index (κ2) is 6.63. The summed E-state index contributed by atoms with van der Waals surface area (Å²) in [6.07, 6.45) is 1.83. The molecular formula is C20H21BrN2O3S. The van der Waals surface area contributed by atoms with E-state index in [0.29, 0.717) is 29.5 Å². The minimum Gasteiger partial charge on any atom is -0.312 e. The first-order chi connectivity index (χ1) is 12.8. The zero-order valence-electron chi connectivity index (χ0n) is 15.3. The van der Waals surface area contributed by atoms with Crippen LogP contribution in [0.5, 0.6) is 0 Å². The molecule has 7 heteroatoms. The lowest BCUT2D eigenvalue weighted by atomic mass is 10.1. The Kier molecular flexibility index (Phi) is 4.55. The molecule has 2 heterocycles. The van der Waals surface area contributed by atoms with Crippen molar-refractivity contribution in [2.75, 3.05) is 15.7 Å². The smallest absolute Gasteiger partial charge is 0.265 e. The van der Waals surface area contributed by atoms with Crippen LogP contribution < -0.4 is 9.21 Å². The fraction of sp³-hybridized carbons (Fsp3) is 0.350. The first-order valence-corrected chi connectivity index (χ1v) is 11.3. The van der Waals surface area contributed by atoms with E-state index in [1.165, 1.54) is 4.31 Å². The summed E-state index contributed by atoms with van der Waals surface area (Å²) < 4.78 is 29.2. The number of benzene rings is 2. The maximum absolute atomic E-state index is 13.6. The van der Waals surface area contributed by atoms with Gasteiger partial charge in [0.2, 0.25) is 5.91 Å². The molecule has 0 fully saturated rings. The van der Waals surface area contributed by atoms with Gasteiger partial charge in [0.05, 0.1) is 5.69 Å². The Labute approximate surface area is 168 Å². The summed E-state index contributed by atoms with van der Waals surface area (Å²) >= 11 is 3.46. The molecule has 2 aromatic rings. The van der Waals surface area contributed by atoms with Gasteiger partial charge < -0.3 is 4.90 Å². The van der Waals surface area contributed by atoms with Gasteiger partial charge in [0.15, 0.2) is 0 Å². The van der Waals surface area contributed by atoms with Crippen LogP contribution in [0.3, 0.4) is 0 Å². The molecule has 2 aromatic carbocycles. The predicted molar refractivity (Wildman–Crippen MR) is 110 cm³/mol. The van der Waals surface area contributed by atoms with Crippen LogP contribution in [0.25, 0.3) is 0 Å². The van der Waals surface area contributed by atoms with Crippen LogP contribution in [0.1, 0.15) is 31.4 Å². The Morgan fingerprint density at radius 3 is 2.67 bits per heavy atom. The molecule has 0 aliphatic carbocycles. The monoisotopic (exact) mass is 448 g/mol. The molecule has 4 rings (SSSR count). The molecule has 2 aliphatic heterocycles. The van der Waals surface area contributed by atoms with Crippen molar-refractivity contribution < 1.29 is 13.2 Å². The average Bonchev–Trinajstić information content (AvgIpc) is 3.19. The van der Waals surface area contributed by atoms with Gasteiger partial charge in [-0.25, -0.2) is 8.42 Å². The molecule has 0 spiro atoms. The molecule has 0 radical (unpaired) electrons. The maximum Gasteiger partial charge on any atom is 0.265 e. The highest BCUT2D eigenvalue weighted by atomic mass is 79.9. The molecule has 0 N–H and O–H groups in total. The zero-order valence-corrected chi connectivity index (χ0v) is 17.7. The lowest BCUT2D eigenvalue weighted by Gasteiger charge is -2.26. The lowest BCUT2D eigenvalue weighted by Crippen LogP contribution is -2.36. The molecule has 27 heavy (non-hydrogen) atoms. The first-order valence-electron chi connectivity index (χ1n) is 9.09. The third-order valence-corrected chi connectivity index (χ3v) is 8.20. The average molecular weight is 449 g/mol. The van der Waals surface area contributed by atoms with Crippen molar-refractivity contribution in [3.05, 3.63) is 52.0 Å². The highest BCUT2D eigenvalue weighted by Crippen LogP contribution is 2.41. The third-order valence-electron chi connectivity index (χ3n) is 5.31. The lowest BCUT2D eigenvalue weighted by molar-refractivity contribution is -0.118. The van der Waals surface area contributed by atoms with E-state index in [2.05, 4.69) is 15.9 Å². The summed E-state index contributed by atoms with van der Waals surface area (Å²) in [4.78, 5) is 14.2. The molecular weight excluding hydrogens is 428 g/mol. The number of fused-ring (bicyclic) bond motifs is 2. The van der Waals surface area contributed by atoms with E-state index in [-0.39, 0.29) is 16.8 Å². The van der Waals surface area contributed by atoms with Crippen molar-refractivity contribution >= 4 is 43.2 Å². The van der Waals surface area contributed by atoms with E-state index in [1.54, 1.807) is 11.0 Å². The first kappa shape index (κ1) is 18.5. The Morgan fingerprint density at radius 2 is 1.93 bits per heavy atom. The van der Waals surface area contributed by atoms with Gasteiger partial charge >= 0.3 is 0 Å². The number of amides is 1. The fourth-order valence-corrected chi connectivity index (χ4v) is 6.81. The number of carbonyl (C=O) groups excluding carboxylic acids is 1. The van der Waals surface area contributed by atoms with E-state index in [1.807, 2.05) is 44.2 Å². The normalized spacial score (nSPS) is 18.6. The van der Waals surface area contributed by atoms with Crippen molar-refractivity contribution in [2.24, 2.45) is 0 Å². The highest BCUT2D eigenvalue weighted by Gasteiger charge is 2.38. The number of carbonyl (C=O) groups is 1. The van der Waals surface area contributed by atoms with Crippen molar-refractivity contribution in [3.63, 3.8) is 0 Å². The van der Waals surface area contributed by atoms with Crippen LogP contribution in [0.2, 0.25) is 0 Å². The number of halogens is 1. The van der Waals surface area contributed by atoms with Gasteiger partial charge in [0.1, 0.15) is 4.90 Å². The number of anilines is 2. The van der Waals surface area contributed by atoms with E-state index in [0.717, 1.165) is 23.2 Å². The van der Waals surface area contributed by atoms with Gasteiger partial charge in [-0.15, -0.1) is 0 Å². The molecule has 0 aromatic heterocycles. The summed E-state index contributed by atoms with van der Waals surface area (Å²) in [5, 5.41) is 0. The van der Waals surface area contributed by atoms with Crippen LogP contribution in [-0.2, 0) is 27.7 Å². The second-order valence-corrected chi connectivity index (χ2v) is 9.68. The van der Waals surface area contributed by atoms with Crippen LogP contribution in [0, 0.1) is 0 Å². The van der Waals surface area contributed by atoms with Crippen molar-refractivity contribution in [1.82, 2.24) is 0 Å². The van der Waals surface area contributed by atoms with Crippen molar-refractivity contribution in [2.45, 2.75) is 44.0 Å².